The van der Waals surface area contributed by atoms with Crippen LogP contribution in [-0.4, -0.2) is 19.6 Å². The number of hydrogen-bond acceptors (Lipinski definition) is 2. The van der Waals surface area contributed by atoms with Crippen LogP contribution in [0.4, 0.5) is 5.69 Å². The summed E-state index contributed by atoms with van der Waals surface area (Å²) in [5, 5.41) is 7.09. The van der Waals surface area contributed by atoms with Crippen LogP contribution in [0.25, 0.3) is 0 Å². The van der Waals surface area contributed by atoms with E-state index in [1.807, 2.05) is 0 Å². The van der Waals surface area contributed by atoms with Crippen molar-refractivity contribution in [3.05, 3.63) is 28.8 Å². The van der Waals surface area contributed by atoms with Gasteiger partial charge in [-0.2, -0.15) is 0 Å². The molecule has 19 heavy (non-hydrogen) atoms. The van der Waals surface area contributed by atoms with Gasteiger partial charge in [-0.25, -0.2) is 0 Å². The van der Waals surface area contributed by atoms with Gasteiger partial charge in [0.25, 0.3) is 0 Å². The second-order valence-corrected chi connectivity index (χ2v) is 6.16. The molecule has 0 spiro atoms. The van der Waals surface area contributed by atoms with Crippen LogP contribution in [0.5, 0.6) is 0 Å². The van der Waals surface area contributed by atoms with Gasteiger partial charge in [-0.3, -0.25) is 0 Å². The number of aryl methyl sites for hydroxylation is 3. The van der Waals surface area contributed by atoms with E-state index in [0.717, 1.165) is 18.5 Å². The highest BCUT2D eigenvalue weighted by Crippen LogP contribution is 2.27. The van der Waals surface area contributed by atoms with Crippen molar-refractivity contribution in [1.29, 1.82) is 0 Å². The summed E-state index contributed by atoms with van der Waals surface area (Å²) in [5.74, 6) is 0.838. The molecule has 2 heteroatoms. The van der Waals surface area contributed by atoms with Gasteiger partial charge < -0.3 is 10.6 Å². The van der Waals surface area contributed by atoms with Crippen LogP contribution >= 0.6 is 0 Å². The van der Waals surface area contributed by atoms with Crippen LogP contribution in [0, 0.1) is 26.7 Å². The van der Waals surface area contributed by atoms with E-state index in [9.17, 15) is 0 Å². The highest BCUT2D eigenvalue weighted by atomic mass is 14.9. The maximum atomic E-state index is 3.69. The first-order valence-electron chi connectivity index (χ1n) is 7.59. The first kappa shape index (κ1) is 14.4. The normalized spacial score (nSPS) is 23.4. The highest BCUT2D eigenvalue weighted by molar-refractivity contribution is 5.58. The molecule has 1 aromatic carbocycles. The molecule has 0 amide bonds. The van der Waals surface area contributed by atoms with E-state index in [1.54, 1.807) is 0 Å². The average molecular weight is 260 g/mol. The van der Waals surface area contributed by atoms with E-state index in [1.165, 1.54) is 48.1 Å². The molecule has 2 rings (SSSR count). The first-order valence-corrected chi connectivity index (χ1v) is 7.59. The van der Waals surface area contributed by atoms with Gasteiger partial charge in [0.05, 0.1) is 0 Å². The molecule has 0 aromatic heterocycles. The number of anilines is 1. The Kier molecular flexibility index (Phi) is 4.87. The monoisotopic (exact) mass is 260 g/mol. The summed E-state index contributed by atoms with van der Waals surface area (Å²) in [5.41, 5.74) is 5.46. The van der Waals surface area contributed by atoms with Gasteiger partial charge in [0.15, 0.2) is 0 Å². The second-order valence-electron chi connectivity index (χ2n) is 6.16. The van der Waals surface area contributed by atoms with Gasteiger partial charge in [0.1, 0.15) is 0 Å². The fraction of sp³-hybridized carbons (Fsp3) is 0.647. The lowest BCUT2D eigenvalue weighted by Crippen LogP contribution is -2.32. The van der Waals surface area contributed by atoms with E-state index in [-0.39, 0.29) is 0 Å². The summed E-state index contributed by atoms with van der Waals surface area (Å²) in [6.45, 7) is 7.71. The lowest BCUT2D eigenvalue weighted by atomic mass is 9.86. The molecular weight excluding hydrogens is 232 g/mol. The van der Waals surface area contributed by atoms with Crippen molar-refractivity contribution in [3.63, 3.8) is 0 Å². The van der Waals surface area contributed by atoms with Crippen LogP contribution in [0.3, 0.4) is 0 Å². The van der Waals surface area contributed by atoms with Crippen molar-refractivity contribution in [1.82, 2.24) is 5.32 Å². The molecule has 1 aliphatic rings. The van der Waals surface area contributed by atoms with Crippen molar-refractivity contribution in [2.75, 3.05) is 18.9 Å². The maximum Gasteiger partial charge on any atom is 0.0399 e. The molecule has 1 aromatic rings. The van der Waals surface area contributed by atoms with Crippen LogP contribution in [0.2, 0.25) is 0 Å². The SMILES string of the molecule is CNC1CCC(CNc2c(C)cc(C)cc2C)CC1. The van der Waals surface area contributed by atoms with E-state index in [4.69, 9.17) is 0 Å². The predicted molar refractivity (Wildman–Crippen MR) is 83.9 cm³/mol. The molecule has 2 N–H and O–H groups in total. The van der Waals surface area contributed by atoms with Crippen molar-refractivity contribution in [2.45, 2.75) is 52.5 Å². The topological polar surface area (TPSA) is 24.1 Å². The van der Waals surface area contributed by atoms with E-state index < -0.39 is 0 Å². The second kappa shape index (κ2) is 6.42. The van der Waals surface area contributed by atoms with E-state index >= 15 is 0 Å². The predicted octanol–water partition coefficient (Wildman–Crippen LogP) is 3.80. The largest absolute Gasteiger partial charge is 0.384 e. The third kappa shape index (κ3) is 3.73. The molecule has 2 nitrogen and oxygen atoms in total. The molecule has 0 heterocycles. The number of benzene rings is 1. The Hall–Kier alpha value is -1.02. The summed E-state index contributed by atoms with van der Waals surface area (Å²) in [6.07, 6.45) is 5.36. The quantitative estimate of drug-likeness (QED) is 0.860. The minimum Gasteiger partial charge on any atom is -0.384 e. The summed E-state index contributed by atoms with van der Waals surface area (Å²) in [4.78, 5) is 0. The minimum absolute atomic E-state index is 0.749. The zero-order chi connectivity index (χ0) is 13.8. The van der Waals surface area contributed by atoms with Crippen molar-refractivity contribution >= 4 is 5.69 Å². The van der Waals surface area contributed by atoms with Crippen LogP contribution in [0.1, 0.15) is 42.4 Å². The molecular formula is C17H28N2. The van der Waals surface area contributed by atoms with Crippen LogP contribution < -0.4 is 10.6 Å². The van der Waals surface area contributed by atoms with Crippen molar-refractivity contribution < 1.29 is 0 Å². The van der Waals surface area contributed by atoms with Gasteiger partial charge in [-0.05, 0) is 70.5 Å². The van der Waals surface area contributed by atoms with E-state index in [0.29, 0.717) is 0 Å². The molecule has 0 atom stereocenters. The zero-order valence-corrected chi connectivity index (χ0v) is 12.8. The molecule has 0 bridgehead atoms. The number of hydrogen-bond donors (Lipinski definition) is 2. The van der Waals surface area contributed by atoms with Crippen LogP contribution in [0.15, 0.2) is 12.1 Å². The summed E-state index contributed by atoms with van der Waals surface area (Å²) in [6, 6.07) is 5.29. The molecule has 1 aliphatic carbocycles. The number of rotatable bonds is 4. The van der Waals surface area contributed by atoms with Gasteiger partial charge in [0.2, 0.25) is 0 Å². The molecule has 106 valence electrons. The van der Waals surface area contributed by atoms with Crippen molar-refractivity contribution in [3.8, 4) is 0 Å². The minimum atomic E-state index is 0.749. The average Bonchev–Trinajstić information content (AvgIpc) is 2.38. The van der Waals surface area contributed by atoms with Gasteiger partial charge >= 0.3 is 0 Å². The molecule has 0 unspecified atom stereocenters. The van der Waals surface area contributed by atoms with Crippen molar-refractivity contribution in [2.24, 2.45) is 5.92 Å². The Bertz CT molecular complexity index is 394. The van der Waals surface area contributed by atoms with Gasteiger partial charge in [-0.1, -0.05) is 17.7 Å². The smallest absolute Gasteiger partial charge is 0.0399 e. The standard InChI is InChI=1S/C17H28N2/c1-12-9-13(2)17(14(3)10-12)19-11-15-5-7-16(18-4)8-6-15/h9-10,15-16,18-19H,5-8,11H2,1-4H3. The highest BCUT2D eigenvalue weighted by Gasteiger charge is 2.19. The lowest BCUT2D eigenvalue weighted by Gasteiger charge is -2.29. The Labute approximate surface area is 118 Å². The summed E-state index contributed by atoms with van der Waals surface area (Å²) in [7, 11) is 2.09. The third-order valence-electron chi connectivity index (χ3n) is 4.50. The van der Waals surface area contributed by atoms with Gasteiger partial charge in [0, 0.05) is 18.3 Å². The Morgan fingerprint density at radius 1 is 1.00 bits per heavy atom. The molecule has 0 radical (unpaired) electrons. The zero-order valence-electron chi connectivity index (χ0n) is 12.8. The Morgan fingerprint density at radius 2 is 1.58 bits per heavy atom. The number of nitrogens with one attached hydrogen (secondary N) is 2. The summed E-state index contributed by atoms with van der Waals surface area (Å²) >= 11 is 0. The fourth-order valence-corrected chi connectivity index (χ4v) is 3.36. The summed E-state index contributed by atoms with van der Waals surface area (Å²) < 4.78 is 0. The molecule has 1 saturated carbocycles. The van der Waals surface area contributed by atoms with E-state index in [2.05, 4.69) is 50.6 Å². The third-order valence-corrected chi connectivity index (χ3v) is 4.50. The Balaban J connectivity index is 1.89. The maximum absolute atomic E-state index is 3.69. The molecule has 1 fully saturated rings. The van der Waals surface area contributed by atoms with Crippen LogP contribution in [-0.2, 0) is 0 Å². The molecule has 0 aliphatic heterocycles. The van der Waals surface area contributed by atoms with Gasteiger partial charge in [-0.15, -0.1) is 0 Å². The molecule has 0 saturated heterocycles. The fourth-order valence-electron chi connectivity index (χ4n) is 3.36. The Morgan fingerprint density at radius 3 is 2.11 bits per heavy atom. The lowest BCUT2D eigenvalue weighted by molar-refractivity contribution is 0.312. The first-order chi connectivity index (χ1) is 9.10.